The molecule has 4 N–H and O–H groups in total. The molecule has 0 spiro atoms. The second-order valence-electron chi connectivity index (χ2n) is 4.52. The number of nitrogens with two attached hydrogens (primary N) is 1. The van der Waals surface area contributed by atoms with E-state index in [-0.39, 0.29) is 22.7 Å². The summed E-state index contributed by atoms with van der Waals surface area (Å²) in [6, 6.07) is 2.29. The van der Waals surface area contributed by atoms with E-state index in [9.17, 15) is 13.2 Å². The van der Waals surface area contributed by atoms with Crippen LogP contribution < -0.4 is 15.8 Å². The van der Waals surface area contributed by atoms with E-state index in [1.165, 1.54) is 25.3 Å². The first-order chi connectivity index (χ1) is 8.90. The molecule has 1 aromatic rings. The van der Waals surface area contributed by atoms with Crippen molar-refractivity contribution in [1.82, 2.24) is 15.0 Å². The van der Waals surface area contributed by atoms with Crippen LogP contribution in [0.3, 0.4) is 0 Å². The molecule has 7 nitrogen and oxygen atoms in total. The number of hydrogen-bond acceptors (Lipinski definition) is 5. The van der Waals surface area contributed by atoms with Gasteiger partial charge in [0.2, 0.25) is 5.91 Å². The molecule has 1 aliphatic rings. The first-order valence-electron chi connectivity index (χ1n) is 5.93. The Labute approximate surface area is 111 Å². The number of nitrogens with zero attached hydrogens (tertiary/aromatic N) is 1. The summed E-state index contributed by atoms with van der Waals surface area (Å²) in [7, 11) is -3.90. The molecular formula is C11H16N4O3S. The van der Waals surface area contributed by atoms with Crippen LogP contribution in [0, 0.1) is 0 Å². The van der Waals surface area contributed by atoms with Crippen molar-refractivity contribution in [1.29, 1.82) is 0 Å². The summed E-state index contributed by atoms with van der Waals surface area (Å²) in [6.07, 6.45) is 3.22. The van der Waals surface area contributed by atoms with Crippen molar-refractivity contribution in [2.75, 3.05) is 5.73 Å². The molecule has 0 bridgehead atoms. The van der Waals surface area contributed by atoms with Gasteiger partial charge in [-0.05, 0) is 31.9 Å². The van der Waals surface area contributed by atoms with Gasteiger partial charge in [-0.15, -0.1) is 0 Å². The number of pyridine rings is 1. The van der Waals surface area contributed by atoms with Crippen LogP contribution in [0.1, 0.15) is 19.8 Å². The van der Waals surface area contributed by atoms with Gasteiger partial charge in [-0.1, -0.05) is 0 Å². The van der Waals surface area contributed by atoms with Crippen molar-refractivity contribution in [3.63, 3.8) is 0 Å². The number of rotatable bonds is 5. The zero-order valence-electron chi connectivity index (χ0n) is 10.5. The Hall–Kier alpha value is -1.67. The lowest BCUT2D eigenvalue weighted by molar-refractivity contribution is -0.122. The van der Waals surface area contributed by atoms with Crippen LogP contribution >= 0.6 is 0 Å². The predicted molar refractivity (Wildman–Crippen MR) is 69.6 cm³/mol. The molecule has 1 heterocycles. The average molecular weight is 284 g/mol. The summed E-state index contributed by atoms with van der Waals surface area (Å²) >= 11 is 0. The number of nitrogens with one attached hydrogen (secondary N) is 2. The molecule has 104 valence electrons. The largest absolute Gasteiger partial charge is 0.396 e. The Morgan fingerprint density at radius 3 is 2.79 bits per heavy atom. The lowest BCUT2D eigenvalue weighted by atomic mass is 10.3. The fraction of sp³-hybridized carbons (Fsp3) is 0.455. The minimum atomic E-state index is -3.90. The van der Waals surface area contributed by atoms with Crippen LogP contribution in [0.5, 0.6) is 0 Å². The maximum absolute atomic E-state index is 12.0. The lowest BCUT2D eigenvalue weighted by Gasteiger charge is -2.14. The average Bonchev–Trinajstić information content (AvgIpc) is 3.12. The van der Waals surface area contributed by atoms with Gasteiger partial charge in [-0.2, -0.15) is 4.72 Å². The number of carbonyl (C=O) groups excluding carboxylic acids is 1. The van der Waals surface area contributed by atoms with Gasteiger partial charge in [0.1, 0.15) is 0 Å². The van der Waals surface area contributed by atoms with E-state index in [4.69, 9.17) is 5.73 Å². The molecule has 0 aliphatic heterocycles. The van der Waals surface area contributed by atoms with E-state index in [1.807, 2.05) is 0 Å². The second kappa shape index (κ2) is 5.14. The number of aromatic nitrogens is 1. The van der Waals surface area contributed by atoms with Crippen LogP contribution in [-0.2, 0) is 14.8 Å². The summed E-state index contributed by atoms with van der Waals surface area (Å²) in [5.41, 5.74) is 5.61. The molecule has 1 aliphatic carbocycles. The summed E-state index contributed by atoms with van der Waals surface area (Å²) in [5, 5.41) is 2.46. The molecular weight excluding hydrogens is 268 g/mol. The van der Waals surface area contributed by atoms with Crippen molar-refractivity contribution >= 4 is 21.6 Å². The minimum Gasteiger partial charge on any atom is -0.396 e. The van der Waals surface area contributed by atoms with E-state index in [1.54, 1.807) is 0 Å². The summed E-state index contributed by atoms with van der Waals surface area (Å²) in [5.74, 6) is -0.347. The van der Waals surface area contributed by atoms with Gasteiger partial charge in [0.25, 0.3) is 10.0 Å². The van der Waals surface area contributed by atoms with Crippen molar-refractivity contribution in [2.24, 2.45) is 0 Å². The number of sulfonamides is 1. The molecule has 1 saturated carbocycles. The van der Waals surface area contributed by atoms with Crippen LogP contribution in [0.4, 0.5) is 5.69 Å². The Morgan fingerprint density at radius 1 is 1.53 bits per heavy atom. The van der Waals surface area contributed by atoms with Gasteiger partial charge in [-0.25, -0.2) is 13.4 Å². The SMILES string of the molecule is CC(NS(=O)(=O)c1ncccc1N)C(=O)NC1CC1. The van der Waals surface area contributed by atoms with Gasteiger partial charge < -0.3 is 11.1 Å². The molecule has 0 saturated heterocycles. The van der Waals surface area contributed by atoms with E-state index in [0.717, 1.165) is 12.8 Å². The number of nitrogen functional groups attached to an aromatic ring is 1. The minimum absolute atomic E-state index is 0.0461. The highest BCUT2D eigenvalue weighted by atomic mass is 32.2. The zero-order valence-corrected chi connectivity index (χ0v) is 11.3. The zero-order chi connectivity index (χ0) is 14.0. The predicted octanol–water partition coefficient (Wildman–Crippen LogP) is -0.391. The van der Waals surface area contributed by atoms with Crippen LogP contribution in [0.15, 0.2) is 23.4 Å². The number of amides is 1. The van der Waals surface area contributed by atoms with E-state index in [0.29, 0.717) is 0 Å². The fourth-order valence-corrected chi connectivity index (χ4v) is 2.79. The molecule has 8 heteroatoms. The highest BCUT2D eigenvalue weighted by Crippen LogP contribution is 2.19. The third-order valence-corrected chi connectivity index (χ3v) is 4.22. The van der Waals surface area contributed by atoms with Crippen LogP contribution in [0.2, 0.25) is 0 Å². The molecule has 1 atom stereocenters. The monoisotopic (exact) mass is 284 g/mol. The highest BCUT2D eigenvalue weighted by molar-refractivity contribution is 7.89. The van der Waals surface area contributed by atoms with Crippen molar-refractivity contribution in [3.8, 4) is 0 Å². The maximum Gasteiger partial charge on any atom is 0.260 e. The topological polar surface area (TPSA) is 114 Å². The number of carbonyl (C=O) groups is 1. The molecule has 19 heavy (non-hydrogen) atoms. The second-order valence-corrected chi connectivity index (χ2v) is 6.15. The third-order valence-electron chi connectivity index (χ3n) is 2.70. The van der Waals surface area contributed by atoms with Gasteiger partial charge in [0, 0.05) is 12.2 Å². The van der Waals surface area contributed by atoms with Gasteiger partial charge in [0.05, 0.1) is 11.7 Å². The molecule has 1 unspecified atom stereocenters. The summed E-state index contributed by atoms with van der Waals surface area (Å²) in [4.78, 5) is 15.4. The number of anilines is 1. The van der Waals surface area contributed by atoms with Gasteiger partial charge >= 0.3 is 0 Å². The number of hydrogen-bond donors (Lipinski definition) is 3. The van der Waals surface area contributed by atoms with Crippen molar-refractivity contribution < 1.29 is 13.2 Å². The summed E-state index contributed by atoms with van der Waals surface area (Å²) < 4.78 is 26.3. The van der Waals surface area contributed by atoms with E-state index < -0.39 is 16.1 Å². The Kier molecular flexibility index (Phi) is 3.72. The Balaban J connectivity index is 2.08. The van der Waals surface area contributed by atoms with Crippen LogP contribution in [0.25, 0.3) is 0 Å². The standard InChI is InChI=1S/C11H16N4O3S/c1-7(10(16)14-8-4-5-8)15-19(17,18)11-9(12)3-2-6-13-11/h2-3,6-8,15H,4-5,12H2,1H3,(H,14,16). The lowest BCUT2D eigenvalue weighted by Crippen LogP contribution is -2.45. The van der Waals surface area contributed by atoms with Gasteiger partial charge in [0.15, 0.2) is 5.03 Å². The molecule has 1 fully saturated rings. The maximum atomic E-state index is 12.0. The van der Waals surface area contributed by atoms with Crippen molar-refractivity contribution in [2.45, 2.75) is 36.9 Å². The molecule has 1 aromatic heterocycles. The molecule has 0 radical (unpaired) electrons. The highest BCUT2D eigenvalue weighted by Gasteiger charge is 2.29. The smallest absolute Gasteiger partial charge is 0.260 e. The quantitative estimate of drug-likeness (QED) is 0.681. The fourth-order valence-electron chi connectivity index (χ4n) is 1.52. The van der Waals surface area contributed by atoms with E-state index in [2.05, 4.69) is 15.0 Å². The first-order valence-corrected chi connectivity index (χ1v) is 7.41. The van der Waals surface area contributed by atoms with Crippen molar-refractivity contribution in [3.05, 3.63) is 18.3 Å². The molecule has 1 amide bonds. The summed E-state index contributed by atoms with van der Waals surface area (Å²) in [6.45, 7) is 1.48. The molecule has 0 aromatic carbocycles. The van der Waals surface area contributed by atoms with E-state index >= 15 is 0 Å². The Bertz CT molecular complexity index is 583. The van der Waals surface area contributed by atoms with Crippen LogP contribution in [-0.4, -0.2) is 31.4 Å². The normalized spacial score (nSPS) is 16.9. The molecule has 2 rings (SSSR count). The first kappa shape index (κ1) is 13.8. The van der Waals surface area contributed by atoms with Gasteiger partial charge in [-0.3, -0.25) is 4.79 Å². The Morgan fingerprint density at radius 2 is 2.21 bits per heavy atom. The third kappa shape index (κ3) is 3.42.